The number of carbonyl (C=O) groups is 1. The van der Waals surface area contributed by atoms with Crippen molar-refractivity contribution in [2.24, 2.45) is 5.41 Å². The van der Waals surface area contributed by atoms with Crippen LogP contribution in [0.2, 0.25) is 0 Å². The Labute approximate surface area is 102 Å². The van der Waals surface area contributed by atoms with Crippen molar-refractivity contribution >= 4 is 15.8 Å². The topological polar surface area (TPSA) is 80.7 Å². The molecule has 0 aromatic rings. The van der Waals surface area contributed by atoms with Crippen LogP contribution in [0.5, 0.6) is 0 Å². The number of sulfone groups is 1. The third kappa shape index (κ3) is 2.80. The van der Waals surface area contributed by atoms with Gasteiger partial charge in [-0.15, -0.1) is 0 Å². The first-order valence-corrected chi connectivity index (χ1v) is 7.57. The summed E-state index contributed by atoms with van der Waals surface area (Å²) >= 11 is 0. The molecular formula is C11H20O5S. The summed E-state index contributed by atoms with van der Waals surface area (Å²) in [5, 5.41) is 10.2. The second-order valence-electron chi connectivity index (χ2n) is 5.01. The van der Waals surface area contributed by atoms with E-state index in [1.54, 1.807) is 6.92 Å². The number of ether oxygens (including phenoxy) is 1. The molecule has 0 bridgehead atoms. The van der Waals surface area contributed by atoms with Crippen molar-refractivity contribution in [2.75, 3.05) is 18.1 Å². The van der Waals surface area contributed by atoms with E-state index in [-0.39, 0.29) is 31.0 Å². The van der Waals surface area contributed by atoms with Crippen LogP contribution in [-0.2, 0) is 19.4 Å². The molecule has 1 rings (SSSR count). The van der Waals surface area contributed by atoms with E-state index in [4.69, 9.17) is 4.74 Å². The minimum absolute atomic E-state index is 0.0736. The summed E-state index contributed by atoms with van der Waals surface area (Å²) in [6, 6.07) is 0. The van der Waals surface area contributed by atoms with Gasteiger partial charge in [-0.2, -0.15) is 0 Å². The van der Waals surface area contributed by atoms with Gasteiger partial charge >= 0.3 is 5.97 Å². The lowest BCUT2D eigenvalue weighted by molar-refractivity contribution is -0.173. The molecule has 1 aliphatic rings. The minimum atomic E-state index is -3.08. The standard InChI is InChI=1S/C11H20O5S/c1-4-16-9(12)11(10(2,3)13)5-7-17(14,15)8-6-11/h13H,4-8H2,1-3H3. The third-order valence-electron chi connectivity index (χ3n) is 3.52. The molecule has 0 aromatic heterocycles. The maximum absolute atomic E-state index is 12.0. The molecule has 1 N–H and O–H groups in total. The summed E-state index contributed by atoms with van der Waals surface area (Å²) in [5.41, 5.74) is -2.39. The number of rotatable bonds is 3. The predicted octanol–water partition coefficient (Wildman–Crippen LogP) is 0.515. The van der Waals surface area contributed by atoms with Crippen LogP contribution >= 0.6 is 0 Å². The lowest BCUT2D eigenvalue weighted by atomic mass is 9.69. The van der Waals surface area contributed by atoms with Crippen molar-refractivity contribution in [3.8, 4) is 0 Å². The summed E-state index contributed by atoms with van der Waals surface area (Å²) in [6.07, 6.45) is 0.245. The number of esters is 1. The molecule has 0 aromatic carbocycles. The fourth-order valence-electron chi connectivity index (χ4n) is 2.22. The molecule has 100 valence electrons. The average molecular weight is 264 g/mol. The quantitative estimate of drug-likeness (QED) is 0.751. The van der Waals surface area contributed by atoms with Crippen molar-refractivity contribution < 1.29 is 23.1 Å². The summed E-state index contributed by atoms with van der Waals surface area (Å²) in [6.45, 7) is 4.97. The molecule has 17 heavy (non-hydrogen) atoms. The van der Waals surface area contributed by atoms with Crippen LogP contribution in [0.25, 0.3) is 0 Å². The monoisotopic (exact) mass is 264 g/mol. The van der Waals surface area contributed by atoms with E-state index >= 15 is 0 Å². The molecule has 0 aliphatic carbocycles. The van der Waals surface area contributed by atoms with Crippen LogP contribution in [-0.4, -0.2) is 43.2 Å². The fourth-order valence-corrected chi connectivity index (χ4v) is 3.74. The first-order chi connectivity index (χ1) is 7.65. The Kier molecular flexibility index (Phi) is 3.88. The Morgan fingerprint density at radius 1 is 1.35 bits per heavy atom. The summed E-state index contributed by atoms with van der Waals surface area (Å²) in [7, 11) is -3.08. The molecular weight excluding hydrogens is 244 g/mol. The van der Waals surface area contributed by atoms with Gasteiger partial charge in [0.1, 0.15) is 9.84 Å². The van der Waals surface area contributed by atoms with E-state index in [0.29, 0.717) is 0 Å². The maximum atomic E-state index is 12.0. The molecule has 1 aliphatic heterocycles. The zero-order valence-electron chi connectivity index (χ0n) is 10.5. The summed E-state index contributed by atoms with van der Waals surface area (Å²) in [4.78, 5) is 12.0. The largest absolute Gasteiger partial charge is 0.465 e. The highest BCUT2D eigenvalue weighted by Gasteiger charge is 2.54. The van der Waals surface area contributed by atoms with Gasteiger partial charge in [-0.05, 0) is 33.6 Å². The second kappa shape index (κ2) is 4.57. The van der Waals surface area contributed by atoms with E-state index < -0.39 is 26.8 Å². The predicted molar refractivity (Wildman–Crippen MR) is 63.3 cm³/mol. The Morgan fingerprint density at radius 3 is 2.18 bits per heavy atom. The lowest BCUT2D eigenvalue weighted by Crippen LogP contribution is -2.54. The molecule has 5 nitrogen and oxygen atoms in total. The molecule has 6 heteroatoms. The molecule has 1 heterocycles. The van der Waals surface area contributed by atoms with Gasteiger partial charge in [-0.25, -0.2) is 8.42 Å². The van der Waals surface area contributed by atoms with Crippen LogP contribution in [0.4, 0.5) is 0 Å². The summed E-state index contributed by atoms with van der Waals surface area (Å²) < 4.78 is 27.8. The highest BCUT2D eigenvalue weighted by Crippen LogP contribution is 2.43. The van der Waals surface area contributed by atoms with Crippen LogP contribution in [0.15, 0.2) is 0 Å². The average Bonchev–Trinajstić information content (AvgIpc) is 2.16. The molecule has 0 unspecified atom stereocenters. The zero-order chi connectivity index (χ0) is 13.3. The van der Waals surface area contributed by atoms with Gasteiger partial charge in [0.2, 0.25) is 0 Å². The first kappa shape index (κ1) is 14.4. The zero-order valence-corrected chi connectivity index (χ0v) is 11.3. The minimum Gasteiger partial charge on any atom is -0.465 e. The van der Waals surface area contributed by atoms with E-state index in [1.807, 2.05) is 0 Å². The van der Waals surface area contributed by atoms with Crippen molar-refractivity contribution in [2.45, 2.75) is 39.2 Å². The number of aliphatic hydroxyl groups is 1. The van der Waals surface area contributed by atoms with E-state index in [2.05, 4.69) is 0 Å². The van der Waals surface area contributed by atoms with Crippen LogP contribution in [0.1, 0.15) is 33.6 Å². The third-order valence-corrected chi connectivity index (χ3v) is 5.17. The maximum Gasteiger partial charge on any atom is 0.315 e. The lowest BCUT2D eigenvalue weighted by Gasteiger charge is -2.43. The molecule has 0 amide bonds. The highest BCUT2D eigenvalue weighted by molar-refractivity contribution is 7.91. The van der Waals surface area contributed by atoms with Gasteiger partial charge in [0, 0.05) is 0 Å². The van der Waals surface area contributed by atoms with Crippen molar-refractivity contribution in [1.82, 2.24) is 0 Å². The van der Waals surface area contributed by atoms with E-state index in [1.165, 1.54) is 13.8 Å². The van der Waals surface area contributed by atoms with Crippen molar-refractivity contribution in [3.05, 3.63) is 0 Å². The number of carbonyl (C=O) groups excluding carboxylic acids is 1. The smallest absolute Gasteiger partial charge is 0.315 e. The first-order valence-electron chi connectivity index (χ1n) is 5.75. The SMILES string of the molecule is CCOC(=O)C1(C(C)(C)O)CCS(=O)(=O)CC1. The van der Waals surface area contributed by atoms with Gasteiger partial charge in [0.25, 0.3) is 0 Å². The van der Waals surface area contributed by atoms with Crippen LogP contribution < -0.4 is 0 Å². The van der Waals surface area contributed by atoms with Crippen molar-refractivity contribution in [3.63, 3.8) is 0 Å². The molecule has 0 saturated carbocycles. The Hall–Kier alpha value is -0.620. The molecule has 0 radical (unpaired) electrons. The van der Waals surface area contributed by atoms with Crippen molar-refractivity contribution in [1.29, 1.82) is 0 Å². The Morgan fingerprint density at radius 2 is 1.82 bits per heavy atom. The Balaban J connectivity index is 3.03. The van der Waals surface area contributed by atoms with Crippen LogP contribution in [0, 0.1) is 5.41 Å². The van der Waals surface area contributed by atoms with Gasteiger partial charge < -0.3 is 9.84 Å². The molecule has 0 atom stereocenters. The molecule has 0 spiro atoms. The van der Waals surface area contributed by atoms with Gasteiger partial charge in [-0.1, -0.05) is 0 Å². The normalized spacial score (nSPS) is 23.1. The van der Waals surface area contributed by atoms with E-state index in [9.17, 15) is 18.3 Å². The Bertz CT molecular complexity index is 377. The molecule has 1 saturated heterocycles. The fraction of sp³-hybridized carbons (Fsp3) is 0.909. The van der Waals surface area contributed by atoms with Gasteiger partial charge in [0.05, 0.1) is 29.1 Å². The number of hydrogen-bond acceptors (Lipinski definition) is 5. The van der Waals surface area contributed by atoms with E-state index in [0.717, 1.165) is 0 Å². The van der Waals surface area contributed by atoms with Gasteiger partial charge in [-0.3, -0.25) is 4.79 Å². The summed E-state index contributed by atoms with van der Waals surface area (Å²) in [5.74, 6) is -0.645. The van der Waals surface area contributed by atoms with Gasteiger partial charge in [0.15, 0.2) is 0 Å². The van der Waals surface area contributed by atoms with Crippen LogP contribution in [0.3, 0.4) is 0 Å². The second-order valence-corrected chi connectivity index (χ2v) is 7.32. The number of hydrogen-bond donors (Lipinski definition) is 1. The molecule has 1 fully saturated rings. The highest BCUT2D eigenvalue weighted by atomic mass is 32.2.